The summed E-state index contributed by atoms with van der Waals surface area (Å²) in [6.45, 7) is 2.71. The summed E-state index contributed by atoms with van der Waals surface area (Å²) in [4.78, 5) is 5.05. The number of fused-ring (bicyclic) bond motifs is 3. The normalized spacial score (nSPS) is 12.8. The van der Waals surface area contributed by atoms with Crippen LogP contribution in [0.5, 0.6) is 28.7 Å². The molecule has 0 atom stereocenters. The molecule has 0 fully saturated rings. The summed E-state index contributed by atoms with van der Waals surface area (Å²) in [5, 5.41) is 132. The van der Waals surface area contributed by atoms with E-state index < -0.39 is 169 Å². The molecule has 46 nitrogen and oxygen atoms in total. The lowest BCUT2D eigenvalue weighted by atomic mass is 10.0. The van der Waals surface area contributed by atoms with Gasteiger partial charge in [0.1, 0.15) is 66.1 Å². The van der Waals surface area contributed by atoms with Gasteiger partial charge < -0.3 is 30.5 Å². The standard InChI is InChI=1S/C56H48N12O34S9/c1-25-13-38(44(93-9-3-11-103-99-95-74)23-37(25)61-64-40-18-29(107(78,79)80)15-27-16-30(108(81,82)83)19-43(69)49(27)40)62-60-36-22-45(94-10-4-12-104-100-96-75)39(14-26(36)2)63-67-53-48(110(87,88)89)21-32-31(54(53)70)6-8-35(56(32)111(90,91)92)59-65-41-24-47(109(84,85)86)33-20-46(106-102-98-77)52(55(71)50(33)51(41)57)66-58-34-7-5-28(105-101-97-76)17-42(34)68(72)73/h5-8,13-24,69-71,74-77H,3-4,9-12,57H2,1-2H3,(H,78,79,80)(H,81,82,83)(H,84,85,86)(H,87,88,89)(H,90,91,92). The van der Waals surface area contributed by atoms with Crippen molar-refractivity contribution in [2.75, 3.05) is 30.5 Å². The Kier molecular flexibility index (Phi) is 27.9. The number of hydrogen-bond acceptors (Lipinski definition) is 44. The predicted molar refractivity (Wildman–Crippen MR) is 383 cm³/mol. The summed E-state index contributed by atoms with van der Waals surface area (Å²) < 4.78 is 210. The lowest BCUT2D eigenvalue weighted by molar-refractivity contribution is -0.432. The van der Waals surface area contributed by atoms with Crippen molar-refractivity contribution in [3.8, 4) is 28.7 Å². The molecule has 0 heterocycles. The molecule has 0 aliphatic rings. The van der Waals surface area contributed by atoms with Crippen LogP contribution >= 0.6 is 48.2 Å². The molecule has 0 aliphatic heterocycles. The number of azo groups is 5. The number of rotatable bonds is 36. The first-order chi connectivity index (χ1) is 52.4. The largest absolute Gasteiger partial charge is 0.507 e. The zero-order valence-corrected chi connectivity index (χ0v) is 62.3. The van der Waals surface area contributed by atoms with Crippen molar-refractivity contribution >= 4 is 199 Å². The Morgan fingerprint density at radius 1 is 0.450 bits per heavy atom. The molecule has 0 aromatic heterocycles. The van der Waals surface area contributed by atoms with Gasteiger partial charge in [-0.2, -0.15) is 52.3 Å². The maximum atomic E-state index is 13.4. The fraction of sp³-hybridized carbons (Fsp3) is 0.143. The maximum absolute atomic E-state index is 13.4. The number of benzene rings is 9. The Hall–Kier alpha value is -9.57. The van der Waals surface area contributed by atoms with Crippen molar-refractivity contribution in [2.24, 2.45) is 51.1 Å². The van der Waals surface area contributed by atoms with Crippen LogP contribution in [0.2, 0.25) is 0 Å². The summed E-state index contributed by atoms with van der Waals surface area (Å²) in [5.41, 5.74) is 0.561. The van der Waals surface area contributed by atoms with Crippen LogP contribution in [0, 0.1) is 24.0 Å². The molecule has 9 aromatic carbocycles. The minimum absolute atomic E-state index is 0.00321. The number of nitrogens with zero attached hydrogens (tertiary/aromatic N) is 11. The van der Waals surface area contributed by atoms with Gasteiger partial charge in [0.05, 0.1) is 90.4 Å². The van der Waals surface area contributed by atoms with Crippen molar-refractivity contribution in [1.29, 1.82) is 0 Å². The van der Waals surface area contributed by atoms with Crippen molar-refractivity contribution in [2.45, 2.75) is 61.0 Å². The quantitative estimate of drug-likeness (QED) is 0.00253. The topological polar surface area (TPSA) is 699 Å². The summed E-state index contributed by atoms with van der Waals surface area (Å²) in [5.74, 6) is -3.15. The summed E-state index contributed by atoms with van der Waals surface area (Å²) >= 11 is 1.71. The number of nitro benzene ring substituents is 1. The second kappa shape index (κ2) is 36.3. The van der Waals surface area contributed by atoms with Gasteiger partial charge in [0.2, 0.25) is 0 Å². The van der Waals surface area contributed by atoms with Gasteiger partial charge >= 0.3 is 0 Å². The Balaban J connectivity index is 1.12. The van der Waals surface area contributed by atoms with E-state index in [9.17, 15) is 90.3 Å². The number of ether oxygens (including phenoxy) is 2. The van der Waals surface area contributed by atoms with Crippen LogP contribution in [0.3, 0.4) is 0 Å². The molecule has 0 bridgehead atoms. The average Bonchev–Trinajstić information content (AvgIpc) is 0.744. The first-order valence-corrected chi connectivity index (χ1v) is 39.9. The van der Waals surface area contributed by atoms with Gasteiger partial charge in [-0.05, 0) is 116 Å². The predicted octanol–water partition coefficient (Wildman–Crippen LogP) is 15.2. The van der Waals surface area contributed by atoms with Crippen LogP contribution in [0.25, 0.3) is 32.3 Å². The third kappa shape index (κ3) is 21.0. The molecule has 9 rings (SSSR count). The highest BCUT2D eigenvalue weighted by molar-refractivity contribution is 7.95. The monoisotopic (exact) mass is 1720 g/mol. The number of anilines is 1. The summed E-state index contributed by atoms with van der Waals surface area (Å²) in [7, 11) is -26.9. The highest BCUT2D eigenvalue weighted by atomic mass is 32.2. The summed E-state index contributed by atoms with van der Waals surface area (Å²) in [6, 6.07) is 14.9. The van der Waals surface area contributed by atoms with Crippen molar-refractivity contribution in [3.63, 3.8) is 0 Å². The molecule has 0 unspecified atom stereocenters. The van der Waals surface area contributed by atoms with E-state index in [2.05, 4.69) is 88.6 Å². The Morgan fingerprint density at radius 2 is 0.946 bits per heavy atom. The van der Waals surface area contributed by atoms with Gasteiger partial charge in [-0.1, -0.05) is 20.2 Å². The van der Waals surface area contributed by atoms with Crippen LogP contribution < -0.4 is 15.2 Å². The molecular weight excluding hydrogens is 1670 g/mol. The number of nitrogen functional groups attached to an aromatic ring is 1. The van der Waals surface area contributed by atoms with E-state index in [0.717, 1.165) is 48.5 Å². The first kappa shape index (κ1) is 85.4. The number of hydrogen-bond donors (Lipinski definition) is 13. The van der Waals surface area contributed by atoms with Crippen molar-refractivity contribution in [1.82, 2.24) is 0 Å². The van der Waals surface area contributed by atoms with Gasteiger partial charge in [-0.25, -0.2) is 21.0 Å². The van der Waals surface area contributed by atoms with Gasteiger partial charge in [-0.3, -0.25) is 32.9 Å². The fourth-order valence-electron chi connectivity index (χ4n) is 9.84. The van der Waals surface area contributed by atoms with E-state index in [1.807, 2.05) is 0 Å². The Labute approximate surface area is 638 Å². The van der Waals surface area contributed by atoms with Crippen LogP contribution in [0.1, 0.15) is 24.0 Å². The van der Waals surface area contributed by atoms with Crippen molar-refractivity contribution in [3.05, 3.63) is 118 Å². The molecule has 0 saturated heterocycles. The van der Waals surface area contributed by atoms with Crippen LogP contribution in [-0.2, 0) is 88.1 Å². The lowest BCUT2D eigenvalue weighted by Crippen LogP contribution is -2.03. The molecule has 0 amide bonds. The minimum atomic E-state index is -5.73. The number of nitro groups is 1. The lowest BCUT2D eigenvalue weighted by Gasteiger charge is -2.15. The van der Waals surface area contributed by atoms with Crippen molar-refractivity contribution < 1.29 is 153 Å². The van der Waals surface area contributed by atoms with E-state index in [1.165, 1.54) is 44.2 Å². The van der Waals surface area contributed by atoms with Crippen LogP contribution in [0.4, 0.5) is 68.2 Å². The van der Waals surface area contributed by atoms with E-state index in [0.29, 0.717) is 54.3 Å². The molecule has 0 saturated carbocycles. The Bertz CT molecular complexity index is 5930. The number of phenolic OH excluding ortho intramolecular Hbond substituents is 3. The molecule has 0 radical (unpaired) electrons. The first-order valence-electron chi connectivity index (χ1n) is 29.4. The molecular formula is C56H48N12O34S9. The highest BCUT2D eigenvalue weighted by Gasteiger charge is 2.31. The number of phenols is 3. The van der Waals surface area contributed by atoms with Gasteiger partial charge in [0, 0.05) is 80.9 Å². The molecule has 111 heavy (non-hydrogen) atoms. The molecule has 0 aliphatic carbocycles. The smallest absolute Gasteiger partial charge is 0.297 e. The molecule has 0 spiro atoms. The number of aromatic hydroxyl groups is 3. The van der Waals surface area contributed by atoms with Gasteiger partial charge in [0.25, 0.3) is 56.3 Å². The van der Waals surface area contributed by atoms with E-state index in [-0.39, 0.29) is 111 Å². The number of nitrogens with two attached hydrogens (primary N) is 1. The van der Waals surface area contributed by atoms with E-state index >= 15 is 0 Å². The average molecular weight is 1720 g/mol. The third-order valence-corrected chi connectivity index (χ3v) is 21.4. The fourth-order valence-corrected chi connectivity index (χ4v) is 14.7. The SMILES string of the molecule is Cc1cc(N=Nc2c(S(=O)(=O)O)cc3c(S(=O)(=O)O)c(N=Nc4cc(S(=O)(=O)O)c5cc(SOOO)c(N=Nc6ccc(SOOO)cc6[N+](=O)[O-])c(O)c5c4N)ccc3c2O)c(OCCCSOOO)cc1N=Nc1cc(C)c(N=Nc2cc(S(=O)(=O)O)cc3cc(S(=O)(=O)O)cc(O)c23)cc1OCCCSOOO. The van der Waals surface area contributed by atoms with Crippen LogP contribution in [-0.4, -0.2) is 131 Å². The minimum Gasteiger partial charge on any atom is -0.507 e. The van der Waals surface area contributed by atoms with Crippen LogP contribution in [0.15, 0.2) is 182 Å². The second-order valence-corrected chi connectivity index (χ2v) is 31.7. The van der Waals surface area contributed by atoms with E-state index in [4.69, 9.17) is 36.2 Å². The molecule has 55 heteroatoms. The zero-order chi connectivity index (χ0) is 81.1. The van der Waals surface area contributed by atoms with Gasteiger partial charge in [-0.15, -0.1) is 58.2 Å². The number of aryl methyl sites for hydroxylation is 2. The molecule has 9 aromatic rings. The van der Waals surface area contributed by atoms with E-state index in [1.54, 1.807) is 0 Å². The molecule has 14 N–H and O–H groups in total. The Morgan fingerprint density at radius 3 is 1.49 bits per heavy atom. The molecule has 590 valence electrons. The zero-order valence-electron chi connectivity index (χ0n) is 55.0. The highest BCUT2D eigenvalue weighted by Crippen LogP contribution is 2.52. The van der Waals surface area contributed by atoms with Gasteiger partial charge in [0.15, 0.2) is 17.2 Å². The second-order valence-electron chi connectivity index (χ2n) is 21.6. The third-order valence-electron chi connectivity index (χ3n) is 14.6. The summed E-state index contributed by atoms with van der Waals surface area (Å²) in [6.07, 6.45) is 0.364. The maximum Gasteiger partial charge on any atom is 0.297 e.